The third-order valence-electron chi connectivity index (χ3n) is 2.95. The minimum absolute atomic E-state index is 0.0858. The number of hydrogen-bond donors (Lipinski definition) is 1. The van der Waals surface area contributed by atoms with E-state index in [-0.39, 0.29) is 11.4 Å². The Morgan fingerprint density at radius 3 is 3.21 bits per heavy atom. The van der Waals surface area contributed by atoms with Gasteiger partial charge < -0.3 is 10.1 Å². The first-order valence-electron chi connectivity index (χ1n) is 4.75. The molecule has 1 aromatic carbocycles. The Morgan fingerprint density at radius 2 is 2.36 bits per heavy atom. The zero-order chi connectivity index (χ0) is 9.76. The van der Waals surface area contributed by atoms with Crippen molar-refractivity contribution in [3.8, 4) is 5.75 Å². The molecule has 2 heterocycles. The van der Waals surface area contributed by atoms with Gasteiger partial charge in [-0.05, 0) is 18.6 Å². The van der Waals surface area contributed by atoms with E-state index in [1.807, 2.05) is 25.1 Å². The fourth-order valence-electron chi connectivity index (χ4n) is 2.39. The van der Waals surface area contributed by atoms with Gasteiger partial charge in [-0.25, -0.2) is 0 Å². The van der Waals surface area contributed by atoms with Gasteiger partial charge in [-0.2, -0.15) is 0 Å². The second kappa shape index (κ2) is 2.29. The Bertz CT molecular complexity index is 427. The molecular weight excluding hydrogens is 178 g/mol. The number of rotatable bonds is 0. The lowest BCUT2D eigenvalue weighted by Crippen LogP contribution is -2.49. The summed E-state index contributed by atoms with van der Waals surface area (Å²) in [5.74, 6) is 1.01. The Hall–Kier alpha value is -1.51. The normalized spacial score (nSPS) is 27.9. The minimum Gasteiger partial charge on any atom is -0.490 e. The Labute approximate surface area is 82.1 Å². The quantitative estimate of drug-likeness (QED) is 0.660. The molecule has 1 N–H and O–H groups in total. The van der Waals surface area contributed by atoms with Crippen molar-refractivity contribution in [3.63, 3.8) is 0 Å². The van der Waals surface area contributed by atoms with E-state index in [2.05, 4.69) is 5.32 Å². The number of benzene rings is 1. The van der Waals surface area contributed by atoms with E-state index >= 15 is 0 Å². The van der Waals surface area contributed by atoms with E-state index in [1.54, 1.807) is 0 Å². The molecule has 1 aromatic rings. The molecule has 0 aromatic heterocycles. The summed E-state index contributed by atoms with van der Waals surface area (Å²) in [4.78, 5) is 11.5. The van der Waals surface area contributed by atoms with Gasteiger partial charge in [-0.3, -0.25) is 4.79 Å². The van der Waals surface area contributed by atoms with Crippen molar-refractivity contribution in [2.75, 3.05) is 6.61 Å². The van der Waals surface area contributed by atoms with Crippen LogP contribution in [-0.2, 0) is 16.8 Å². The summed E-state index contributed by atoms with van der Waals surface area (Å²) >= 11 is 0. The van der Waals surface area contributed by atoms with Crippen LogP contribution in [0.15, 0.2) is 18.2 Å². The maximum atomic E-state index is 11.5. The summed E-state index contributed by atoms with van der Waals surface area (Å²) in [5.41, 5.74) is 1.97. The molecule has 3 nitrogen and oxygen atoms in total. The zero-order valence-corrected chi connectivity index (χ0v) is 7.96. The van der Waals surface area contributed by atoms with Gasteiger partial charge in [0.15, 0.2) is 0 Å². The van der Waals surface area contributed by atoms with Crippen LogP contribution in [0.1, 0.15) is 18.1 Å². The molecule has 0 saturated carbocycles. The monoisotopic (exact) mass is 189 g/mol. The lowest BCUT2D eigenvalue weighted by Gasteiger charge is -2.30. The highest BCUT2D eigenvalue weighted by atomic mass is 16.5. The maximum Gasteiger partial charge on any atom is 0.225 e. The number of ether oxygens (including phenoxy) is 1. The Morgan fingerprint density at radius 1 is 1.50 bits per heavy atom. The summed E-state index contributed by atoms with van der Waals surface area (Å²) in [6, 6.07) is 5.91. The molecule has 1 atom stereocenters. The first-order chi connectivity index (χ1) is 6.69. The first kappa shape index (κ1) is 7.85. The predicted molar refractivity (Wildman–Crippen MR) is 51.1 cm³/mol. The average Bonchev–Trinajstić information content (AvgIpc) is 2.45. The maximum absolute atomic E-state index is 11.5. The molecule has 0 fully saturated rings. The predicted octanol–water partition coefficient (Wildman–Crippen LogP) is 0.966. The fraction of sp³-hybridized carbons (Fsp3) is 0.364. The average molecular weight is 189 g/mol. The molecule has 0 unspecified atom stereocenters. The third kappa shape index (κ3) is 0.842. The number of carbonyl (C=O) groups is 1. The minimum atomic E-state index is -0.304. The zero-order valence-electron chi connectivity index (χ0n) is 7.96. The highest BCUT2D eigenvalue weighted by molar-refractivity contribution is 5.83. The molecule has 0 aliphatic carbocycles. The largest absolute Gasteiger partial charge is 0.490 e. The van der Waals surface area contributed by atoms with Crippen LogP contribution in [0.3, 0.4) is 0 Å². The van der Waals surface area contributed by atoms with Crippen molar-refractivity contribution in [2.24, 2.45) is 0 Å². The SMILES string of the molecule is C[C@]12COc3cccc(c31)CC(=O)N2. The van der Waals surface area contributed by atoms with Gasteiger partial charge in [0.05, 0.1) is 6.42 Å². The second-order valence-electron chi connectivity index (χ2n) is 4.14. The number of nitrogens with one attached hydrogen (secondary N) is 1. The summed E-state index contributed by atoms with van der Waals surface area (Å²) in [6.07, 6.45) is 0.474. The van der Waals surface area contributed by atoms with Gasteiger partial charge in [-0.15, -0.1) is 0 Å². The molecule has 3 rings (SSSR count). The van der Waals surface area contributed by atoms with Crippen LogP contribution in [0.4, 0.5) is 0 Å². The van der Waals surface area contributed by atoms with Crippen molar-refractivity contribution >= 4 is 5.91 Å². The summed E-state index contributed by atoms with van der Waals surface area (Å²) in [6.45, 7) is 2.56. The van der Waals surface area contributed by atoms with Crippen molar-refractivity contribution < 1.29 is 9.53 Å². The molecule has 2 aliphatic rings. The highest BCUT2D eigenvalue weighted by Crippen LogP contribution is 2.41. The summed E-state index contributed by atoms with van der Waals surface area (Å²) in [5, 5.41) is 2.99. The molecular formula is C11H11NO2. The summed E-state index contributed by atoms with van der Waals surface area (Å²) < 4.78 is 5.56. The van der Waals surface area contributed by atoms with Gasteiger partial charge in [0.25, 0.3) is 0 Å². The Balaban J connectivity index is 2.28. The van der Waals surface area contributed by atoms with Gasteiger partial charge in [0, 0.05) is 5.56 Å². The lowest BCUT2D eigenvalue weighted by atomic mass is 9.85. The van der Waals surface area contributed by atoms with Crippen LogP contribution in [0.25, 0.3) is 0 Å². The molecule has 14 heavy (non-hydrogen) atoms. The van der Waals surface area contributed by atoms with Gasteiger partial charge in [0.2, 0.25) is 5.91 Å². The van der Waals surface area contributed by atoms with E-state index in [9.17, 15) is 4.79 Å². The van der Waals surface area contributed by atoms with Gasteiger partial charge in [-0.1, -0.05) is 12.1 Å². The van der Waals surface area contributed by atoms with E-state index in [4.69, 9.17) is 4.74 Å². The van der Waals surface area contributed by atoms with E-state index in [1.165, 1.54) is 5.56 Å². The third-order valence-corrected chi connectivity index (χ3v) is 2.95. The van der Waals surface area contributed by atoms with Crippen LogP contribution < -0.4 is 10.1 Å². The molecule has 3 heteroatoms. The van der Waals surface area contributed by atoms with E-state index < -0.39 is 0 Å². The van der Waals surface area contributed by atoms with Crippen LogP contribution in [-0.4, -0.2) is 12.5 Å². The van der Waals surface area contributed by atoms with Gasteiger partial charge in [0.1, 0.15) is 17.9 Å². The van der Waals surface area contributed by atoms with E-state index in [0.29, 0.717) is 13.0 Å². The molecule has 0 bridgehead atoms. The molecule has 2 aliphatic heterocycles. The van der Waals surface area contributed by atoms with E-state index in [0.717, 1.165) is 11.3 Å². The highest BCUT2D eigenvalue weighted by Gasteiger charge is 2.42. The van der Waals surface area contributed by atoms with Crippen molar-refractivity contribution in [3.05, 3.63) is 29.3 Å². The number of hydrogen-bond acceptors (Lipinski definition) is 2. The smallest absolute Gasteiger partial charge is 0.225 e. The number of amides is 1. The van der Waals surface area contributed by atoms with Crippen LogP contribution in [0, 0.1) is 0 Å². The molecule has 0 spiro atoms. The lowest BCUT2D eigenvalue weighted by molar-refractivity contribution is -0.123. The molecule has 72 valence electrons. The molecule has 0 saturated heterocycles. The standard InChI is InChI=1S/C11H11NO2/c1-11-6-14-8-4-2-3-7(10(8)11)5-9(13)12-11/h2-4H,5-6H2,1H3,(H,12,13)/t11-/m0/s1. The number of carbonyl (C=O) groups excluding carboxylic acids is 1. The fourth-order valence-corrected chi connectivity index (χ4v) is 2.39. The van der Waals surface area contributed by atoms with Crippen molar-refractivity contribution in [1.29, 1.82) is 0 Å². The molecule has 1 amide bonds. The summed E-state index contributed by atoms with van der Waals surface area (Å²) in [7, 11) is 0. The van der Waals surface area contributed by atoms with Gasteiger partial charge >= 0.3 is 0 Å². The van der Waals surface area contributed by atoms with Crippen LogP contribution >= 0.6 is 0 Å². The van der Waals surface area contributed by atoms with Crippen LogP contribution in [0.5, 0.6) is 5.75 Å². The topological polar surface area (TPSA) is 38.3 Å². The Kier molecular flexibility index (Phi) is 1.29. The second-order valence-corrected chi connectivity index (χ2v) is 4.14. The van der Waals surface area contributed by atoms with Crippen molar-refractivity contribution in [1.82, 2.24) is 5.32 Å². The first-order valence-corrected chi connectivity index (χ1v) is 4.75. The van der Waals surface area contributed by atoms with Crippen LogP contribution in [0.2, 0.25) is 0 Å². The molecule has 0 radical (unpaired) electrons. The van der Waals surface area contributed by atoms with Crippen molar-refractivity contribution in [2.45, 2.75) is 18.9 Å².